The number of thiophene rings is 1. The Kier molecular flexibility index (Phi) is 4.24. The minimum atomic E-state index is -0.270. The fourth-order valence-corrected chi connectivity index (χ4v) is 4.30. The smallest absolute Gasteiger partial charge is 0.271 e. The molecule has 136 valence electrons. The second-order valence-electron chi connectivity index (χ2n) is 6.63. The van der Waals surface area contributed by atoms with Gasteiger partial charge in [-0.3, -0.25) is 14.2 Å². The van der Waals surface area contributed by atoms with Crippen molar-refractivity contribution in [2.45, 2.75) is 27.3 Å². The van der Waals surface area contributed by atoms with Gasteiger partial charge < -0.3 is 5.32 Å². The number of amides is 1. The van der Waals surface area contributed by atoms with Crippen molar-refractivity contribution < 1.29 is 4.79 Å². The molecular weight excluding hydrogens is 360 g/mol. The summed E-state index contributed by atoms with van der Waals surface area (Å²) in [7, 11) is 0. The average Bonchev–Trinajstić information content (AvgIpc) is 2.99. The molecule has 0 bridgehead atoms. The quantitative estimate of drug-likeness (QED) is 0.591. The molecule has 3 heterocycles. The second-order valence-corrected chi connectivity index (χ2v) is 7.63. The summed E-state index contributed by atoms with van der Waals surface area (Å²) in [4.78, 5) is 34.9. The summed E-state index contributed by atoms with van der Waals surface area (Å²) >= 11 is 1.32. The van der Waals surface area contributed by atoms with Crippen molar-refractivity contribution in [1.82, 2.24) is 14.5 Å². The molecule has 4 aromatic rings. The fourth-order valence-electron chi connectivity index (χ4n) is 3.11. The largest absolute Gasteiger partial charge is 0.325 e. The molecule has 0 spiro atoms. The Labute approximate surface area is 159 Å². The molecule has 1 aromatic carbocycles. The molecule has 4 rings (SSSR count). The van der Waals surface area contributed by atoms with Gasteiger partial charge in [-0.25, -0.2) is 9.97 Å². The van der Waals surface area contributed by atoms with E-state index < -0.39 is 0 Å². The topological polar surface area (TPSA) is 76.9 Å². The normalized spacial score (nSPS) is 11.2. The van der Waals surface area contributed by atoms with Crippen molar-refractivity contribution in [2.24, 2.45) is 0 Å². The van der Waals surface area contributed by atoms with Crippen molar-refractivity contribution >= 4 is 43.4 Å². The van der Waals surface area contributed by atoms with Crippen LogP contribution in [0.15, 0.2) is 41.5 Å². The van der Waals surface area contributed by atoms with Gasteiger partial charge >= 0.3 is 0 Å². The molecule has 6 nitrogen and oxygen atoms in total. The maximum Gasteiger partial charge on any atom is 0.271 e. The van der Waals surface area contributed by atoms with E-state index in [1.54, 1.807) is 0 Å². The van der Waals surface area contributed by atoms with Crippen molar-refractivity contribution in [2.75, 3.05) is 5.32 Å². The number of aryl methyl sites for hydroxylation is 3. The van der Waals surface area contributed by atoms with Gasteiger partial charge in [0.25, 0.3) is 5.56 Å². The predicted molar refractivity (Wildman–Crippen MR) is 108 cm³/mol. The summed E-state index contributed by atoms with van der Waals surface area (Å²) < 4.78 is 1.86. The van der Waals surface area contributed by atoms with Crippen LogP contribution in [0.25, 0.3) is 20.4 Å². The first kappa shape index (κ1) is 17.4. The van der Waals surface area contributed by atoms with E-state index in [9.17, 15) is 9.59 Å². The molecule has 0 fully saturated rings. The SMILES string of the molecule is Cc1ccc(NC(=O)Cn2cnc3c(sc4nc(C)cc(C)c43)c2=O)cc1. The number of hydrogen-bond donors (Lipinski definition) is 1. The Balaban J connectivity index is 1.68. The Morgan fingerprint density at radius 3 is 2.67 bits per heavy atom. The number of aromatic nitrogens is 3. The molecule has 0 unspecified atom stereocenters. The maximum atomic E-state index is 12.9. The molecule has 1 N–H and O–H groups in total. The van der Waals surface area contributed by atoms with Gasteiger partial charge in [-0.05, 0) is 44.5 Å². The van der Waals surface area contributed by atoms with E-state index in [2.05, 4.69) is 15.3 Å². The number of nitrogens with zero attached hydrogens (tertiary/aromatic N) is 3. The number of carbonyl (C=O) groups is 1. The number of benzene rings is 1. The summed E-state index contributed by atoms with van der Waals surface area (Å²) in [5.41, 5.74) is 4.20. The van der Waals surface area contributed by atoms with Crippen LogP contribution >= 0.6 is 11.3 Å². The molecule has 7 heteroatoms. The van der Waals surface area contributed by atoms with E-state index in [0.29, 0.717) is 15.9 Å². The molecule has 0 aliphatic rings. The highest BCUT2D eigenvalue weighted by molar-refractivity contribution is 7.25. The highest BCUT2D eigenvalue weighted by Gasteiger charge is 2.16. The van der Waals surface area contributed by atoms with E-state index in [4.69, 9.17) is 0 Å². The Hall–Kier alpha value is -3.06. The van der Waals surface area contributed by atoms with Crippen molar-refractivity contribution in [3.8, 4) is 0 Å². The monoisotopic (exact) mass is 378 g/mol. The predicted octanol–water partition coefficient (Wildman–Crippen LogP) is 3.57. The minimum Gasteiger partial charge on any atom is -0.325 e. The number of pyridine rings is 1. The van der Waals surface area contributed by atoms with Crippen molar-refractivity contribution in [3.63, 3.8) is 0 Å². The van der Waals surface area contributed by atoms with E-state index >= 15 is 0 Å². The van der Waals surface area contributed by atoms with Crippen LogP contribution < -0.4 is 10.9 Å². The maximum absolute atomic E-state index is 12.9. The standard InChI is InChI=1S/C20H18N4O2S/c1-11-4-6-14(7-5-11)23-15(25)9-24-10-21-17-16-12(2)8-13(3)22-19(16)27-18(17)20(24)26/h4-8,10H,9H2,1-3H3,(H,23,25). The van der Waals surface area contributed by atoms with Gasteiger partial charge in [0.15, 0.2) is 0 Å². The van der Waals surface area contributed by atoms with Crippen LogP contribution in [-0.4, -0.2) is 20.4 Å². The summed E-state index contributed by atoms with van der Waals surface area (Å²) in [6.07, 6.45) is 1.44. The molecule has 0 saturated heterocycles. The molecule has 0 atom stereocenters. The van der Waals surface area contributed by atoms with Gasteiger partial charge in [0, 0.05) is 16.8 Å². The van der Waals surface area contributed by atoms with E-state index in [-0.39, 0.29) is 18.0 Å². The minimum absolute atomic E-state index is 0.0880. The second kappa shape index (κ2) is 6.59. The van der Waals surface area contributed by atoms with Gasteiger partial charge in [0.05, 0.1) is 11.8 Å². The summed E-state index contributed by atoms with van der Waals surface area (Å²) in [5.74, 6) is -0.270. The number of anilines is 1. The number of hydrogen-bond acceptors (Lipinski definition) is 5. The molecule has 0 aliphatic carbocycles. The lowest BCUT2D eigenvalue weighted by Crippen LogP contribution is -2.27. The van der Waals surface area contributed by atoms with Gasteiger partial charge in [0.1, 0.15) is 16.1 Å². The first-order valence-corrected chi connectivity index (χ1v) is 9.36. The van der Waals surface area contributed by atoms with Crippen LogP contribution in [0.2, 0.25) is 0 Å². The zero-order valence-electron chi connectivity index (χ0n) is 15.2. The third-order valence-electron chi connectivity index (χ3n) is 4.39. The Morgan fingerprint density at radius 1 is 1.19 bits per heavy atom. The first-order chi connectivity index (χ1) is 12.9. The molecule has 27 heavy (non-hydrogen) atoms. The van der Waals surface area contributed by atoms with Crippen LogP contribution in [0.1, 0.15) is 16.8 Å². The first-order valence-electron chi connectivity index (χ1n) is 8.55. The highest BCUT2D eigenvalue weighted by atomic mass is 32.1. The lowest BCUT2D eigenvalue weighted by atomic mass is 10.1. The van der Waals surface area contributed by atoms with E-state index in [1.165, 1.54) is 22.2 Å². The van der Waals surface area contributed by atoms with Crippen molar-refractivity contribution in [1.29, 1.82) is 0 Å². The van der Waals surface area contributed by atoms with Crippen LogP contribution in [-0.2, 0) is 11.3 Å². The van der Waals surface area contributed by atoms with Crippen LogP contribution in [0.3, 0.4) is 0 Å². The fraction of sp³-hybridized carbons (Fsp3) is 0.200. The number of rotatable bonds is 3. The van der Waals surface area contributed by atoms with Crippen LogP contribution in [0.4, 0.5) is 5.69 Å². The molecule has 0 aliphatic heterocycles. The number of carbonyl (C=O) groups excluding carboxylic acids is 1. The Morgan fingerprint density at radius 2 is 1.93 bits per heavy atom. The molecule has 3 aromatic heterocycles. The highest BCUT2D eigenvalue weighted by Crippen LogP contribution is 2.31. The lowest BCUT2D eigenvalue weighted by Gasteiger charge is -2.07. The van der Waals surface area contributed by atoms with Crippen LogP contribution in [0, 0.1) is 20.8 Å². The molecule has 1 amide bonds. The summed E-state index contributed by atoms with van der Waals surface area (Å²) in [5, 5.41) is 3.71. The number of fused-ring (bicyclic) bond motifs is 3. The molecule has 0 radical (unpaired) electrons. The van der Waals surface area contributed by atoms with E-state index in [0.717, 1.165) is 27.0 Å². The third kappa shape index (κ3) is 3.21. The Bertz CT molecular complexity index is 1240. The summed E-state index contributed by atoms with van der Waals surface area (Å²) in [6, 6.07) is 9.49. The lowest BCUT2D eigenvalue weighted by molar-refractivity contribution is -0.116. The van der Waals surface area contributed by atoms with Crippen molar-refractivity contribution in [3.05, 3.63) is 63.8 Å². The van der Waals surface area contributed by atoms with Gasteiger partial charge in [-0.2, -0.15) is 0 Å². The van der Waals surface area contributed by atoms with Crippen LogP contribution in [0.5, 0.6) is 0 Å². The van der Waals surface area contributed by atoms with Gasteiger partial charge in [0.2, 0.25) is 5.91 Å². The van der Waals surface area contributed by atoms with E-state index in [1.807, 2.05) is 51.1 Å². The third-order valence-corrected chi connectivity index (χ3v) is 5.45. The van der Waals surface area contributed by atoms with Gasteiger partial charge in [-0.15, -0.1) is 11.3 Å². The molecule has 0 saturated carbocycles. The molecular formula is C20H18N4O2S. The zero-order chi connectivity index (χ0) is 19.1. The average molecular weight is 378 g/mol. The number of nitrogens with one attached hydrogen (secondary N) is 1. The zero-order valence-corrected chi connectivity index (χ0v) is 16.1. The summed E-state index contributed by atoms with van der Waals surface area (Å²) in [6.45, 7) is 5.81. The van der Waals surface area contributed by atoms with Gasteiger partial charge in [-0.1, -0.05) is 17.7 Å².